The number of aromatic hydroxyl groups is 1. The number of guanidine groups is 1. The molecule has 45 heteroatoms. The Labute approximate surface area is 809 Å². The van der Waals surface area contributed by atoms with Gasteiger partial charge in [-0.3, -0.25) is 91.7 Å². The molecule has 3 saturated heterocycles. The van der Waals surface area contributed by atoms with E-state index in [9.17, 15) is 63.3 Å². The second-order valence-corrected chi connectivity index (χ2v) is 36.7. The average Bonchev–Trinajstić information content (AvgIpc) is 1.69. The number of phenolic OH excluding ortho intramolecular Hbond substituents is 1. The maximum atomic E-state index is 15.8. The minimum Gasteiger partial charge on any atom is -0.508 e. The molecule has 0 unspecified atom stereocenters. The number of fused-ring (bicyclic) bond motifs is 4. The third-order valence-electron chi connectivity index (χ3n) is 24.9. The van der Waals surface area contributed by atoms with Crippen molar-refractivity contribution in [3.05, 3.63) is 102 Å². The van der Waals surface area contributed by atoms with Crippen molar-refractivity contribution in [1.29, 1.82) is 5.41 Å². The third kappa shape index (κ3) is 31.4. The number of hydrogen-bond donors (Lipinski definition) is 21. The SMILES string of the molecule is C#CC[C@H](NC(=O)CNC(=O)[C@@H]1CSCC(=O)N[C@@H](Cc2ccc(O)cc2)C(=O)N(C)[C@@H](C)C(=O)N[C@@H](CC(N)=O)C(=O)N2CCC[C@H]2C(=O)N[C@@H](CN)C(=O)N[C@@H](CC(C)C)C(=O)N2C[C@H](O)C[C@H]2C(=O)C[C@@H](Cc2c[nH]c3ccccc23)C(=O)N[C@@H](CO)C(=O)N[C@@H](Cc2c[nH]c3ccccc23)C(=O)N(C)[C@@H](CCCC)C(=O)N(C)[C@@H](CCCC)C(=O)N[C@@H](CCCNC(=N)N)C(=O)N1)C(N)=O. The predicted octanol–water partition coefficient (Wildman–Crippen LogP) is -3.34. The zero-order valence-electron chi connectivity index (χ0n) is 79.5. The van der Waals surface area contributed by atoms with Crippen LogP contribution in [0.2, 0.25) is 0 Å². The van der Waals surface area contributed by atoms with E-state index in [1.54, 1.807) is 74.8 Å². The summed E-state index contributed by atoms with van der Waals surface area (Å²) in [4.78, 5) is 276. The van der Waals surface area contributed by atoms with Crippen molar-refractivity contribution in [2.24, 2.45) is 34.8 Å². The summed E-state index contributed by atoms with van der Waals surface area (Å²) < 4.78 is 0. The van der Waals surface area contributed by atoms with Crippen LogP contribution in [0.5, 0.6) is 5.75 Å². The minimum atomic E-state index is -1.87. The van der Waals surface area contributed by atoms with Crippen LogP contribution in [0.25, 0.3) is 21.8 Å². The quantitative estimate of drug-likeness (QED) is 0.0101. The van der Waals surface area contributed by atoms with Crippen LogP contribution in [-0.4, -0.2) is 325 Å². The lowest BCUT2D eigenvalue weighted by Crippen LogP contribution is -2.61. The van der Waals surface area contributed by atoms with E-state index < -0.39 is 259 Å². The third-order valence-corrected chi connectivity index (χ3v) is 25.9. The summed E-state index contributed by atoms with van der Waals surface area (Å²) in [5.74, 6) is -18.5. The Bertz CT molecular complexity index is 5280. The van der Waals surface area contributed by atoms with Gasteiger partial charge in [0, 0.05) is 125 Å². The monoisotopic (exact) mass is 1950 g/mol. The molecule has 3 fully saturated rings. The van der Waals surface area contributed by atoms with Gasteiger partial charge >= 0.3 is 0 Å². The molecular weight excluding hydrogens is 1820 g/mol. The molecule has 5 aromatic rings. The van der Waals surface area contributed by atoms with E-state index >= 15 is 38.4 Å². The Balaban J connectivity index is 1.20. The molecule has 0 spiro atoms. The first-order valence-corrected chi connectivity index (χ1v) is 47.7. The summed E-state index contributed by atoms with van der Waals surface area (Å²) in [5.41, 5.74) is 25.7. The number of Topliss-reactive ketones (excluding diaryl/α,β-unsaturated/α-hetero) is 1. The number of likely N-dealkylation sites (N-methyl/N-ethyl adjacent to an activating group) is 3. The second kappa shape index (κ2) is 53.3. The van der Waals surface area contributed by atoms with E-state index in [4.69, 9.17) is 34.8 Å². The number of primary amides is 2. The van der Waals surface area contributed by atoms with Crippen molar-refractivity contribution in [1.82, 2.24) is 93.0 Å². The number of rotatable bonds is 28. The van der Waals surface area contributed by atoms with Crippen LogP contribution >= 0.6 is 11.8 Å². The Morgan fingerprint density at radius 3 is 1.77 bits per heavy atom. The molecule has 0 saturated carbocycles. The lowest BCUT2D eigenvalue weighted by Gasteiger charge is -2.36. The molecule has 44 nitrogen and oxygen atoms in total. The average molecular weight is 1950 g/mol. The Kier molecular flexibility index (Phi) is 42.4. The van der Waals surface area contributed by atoms with Crippen molar-refractivity contribution in [3.8, 4) is 18.1 Å². The maximum absolute atomic E-state index is 15.8. The van der Waals surface area contributed by atoms with E-state index in [0.29, 0.717) is 75.9 Å². The number of benzene rings is 3. The molecular formula is C94H133N23O21S. The van der Waals surface area contributed by atoms with Crippen molar-refractivity contribution < 1.29 is 102 Å². The fourth-order valence-electron chi connectivity index (χ4n) is 17.1. The van der Waals surface area contributed by atoms with E-state index in [-0.39, 0.29) is 102 Å². The number of aromatic amines is 2. The van der Waals surface area contributed by atoms with Crippen molar-refractivity contribution in [3.63, 3.8) is 0 Å². The number of phenols is 1. The number of unbranched alkanes of at least 4 members (excludes halogenated alkanes) is 2. The van der Waals surface area contributed by atoms with Crippen LogP contribution in [0.1, 0.15) is 148 Å². The summed E-state index contributed by atoms with van der Waals surface area (Å²) in [6.07, 6.45) is 5.61. The van der Waals surface area contributed by atoms with Gasteiger partial charge in [0.05, 0.1) is 37.5 Å². The largest absolute Gasteiger partial charge is 0.508 e. The predicted molar refractivity (Wildman–Crippen MR) is 513 cm³/mol. The van der Waals surface area contributed by atoms with Gasteiger partial charge in [0.1, 0.15) is 84.3 Å². The normalized spacial score (nSPS) is 24.6. The number of nitrogens with zero attached hydrogens (tertiary/aromatic N) is 5. The molecule has 3 aromatic carbocycles. The lowest BCUT2D eigenvalue weighted by molar-refractivity contribution is -0.149. The summed E-state index contributed by atoms with van der Waals surface area (Å²) in [7, 11) is 3.86. The molecule has 0 radical (unpaired) electrons. The highest BCUT2D eigenvalue weighted by molar-refractivity contribution is 8.00. The van der Waals surface area contributed by atoms with Crippen molar-refractivity contribution >= 4 is 146 Å². The number of carbonyl (C=O) groups excluding carboxylic acids is 18. The first kappa shape index (κ1) is 111. The standard InChI is InChI=1S/C94H133N23O21S/c1-10-13-27-72-87(132)106-64(26-19-34-100-94(98)99)84(129)112-71(83(128)103-46-78(123)104-63(21-12-3)80(97)125)49-139-50-79(124)105-66(37-53-30-32-57(119)33-31-53)89(134)113(7)52(6)81(126)107-68(42-77(96)122)91(136)116-35-20-29-73(116)88(133)110-69(43-95)85(130)108-65(36-51(4)5)92(137)117-47-58(120)41-75(117)76(121)40-54(38-55-44-101-61-24-17-15-22-59(55)61)82(127)111-70(48-118)86(131)109-67(39-56-45-102-62-25-18-16-23-60(56)62)90(135)115(9)74(28-14-11-2)93(138)114(72)8/h3,15-18,22-25,30-33,44-45,51-52,54,58,63-75,101-102,118-120H,10-11,13-14,19-21,26-29,34-43,46-50,95H2,1-2,4-9H3,(H2,96,122)(H2,97,125)(H,103,128)(H,104,123)(H,105,124)(H,106,132)(H,107,126)(H,108,130)(H,109,131)(H,110,133)(H,111,127)(H,112,129)(H4,98,99,100)/t52-,54+,58+,63-,64-,65-,66-,67-,68-,69-,70-,71-,72-,73-,74-,75-/m0/s1. The van der Waals surface area contributed by atoms with Crippen LogP contribution in [0, 0.1) is 29.6 Å². The zero-order valence-corrected chi connectivity index (χ0v) is 80.3. The van der Waals surface area contributed by atoms with Crippen LogP contribution < -0.4 is 81.4 Å². The summed E-state index contributed by atoms with van der Waals surface area (Å²) in [6, 6.07) is -2.24. The Morgan fingerprint density at radius 2 is 1.17 bits per heavy atom. The van der Waals surface area contributed by atoms with E-state index in [0.717, 1.165) is 24.5 Å². The minimum absolute atomic E-state index is 0.00792. The molecule has 0 bridgehead atoms. The Hall–Kier alpha value is -13.7. The van der Waals surface area contributed by atoms with Gasteiger partial charge in [-0.05, 0) is 105 Å². The van der Waals surface area contributed by atoms with Crippen LogP contribution in [0.15, 0.2) is 85.2 Å². The summed E-state index contributed by atoms with van der Waals surface area (Å²) in [6.45, 7) is 5.23. The number of aliphatic hydroxyl groups is 2. The van der Waals surface area contributed by atoms with Gasteiger partial charge in [-0.15, -0.1) is 24.1 Å². The van der Waals surface area contributed by atoms with Gasteiger partial charge in [0.15, 0.2) is 11.7 Å². The number of H-pyrrole nitrogens is 2. The second-order valence-electron chi connectivity index (χ2n) is 35.7. The molecule has 17 amide bonds. The highest BCUT2D eigenvalue weighted by Crippen LogP contribution is 2.30. The number of amides is 17. The van der Waals surface area contributed by atoms with Gasteiger partial charge in [0.2, 0.25) is 100 Å². The number of hydrogen-bond acceptors (Lipinski definition) is 24. The number of aromatic nitrogens is 2. The molecule has 2 aromatic heterocycles. The zero-order chi connectivity index (χ0) is 102. The smallest absolute Gasteiger partial charge is 0.246 e. The number of ketones is 1. The van der Waals surface area contributed by atoms with Crippen molar-refractivity contribution in [2.75, 3.05) is 72.0 Å². The number of para-hydroxylation sites is 2. The number of thioether (sulfide) groups is 1. The highest BCUT2D eigenvalue weighted by atomic mass is 32.2. The number of terminal acetylenes is 1. The maximum Gasteiger partial charge on any atom is 0.246 e. The molecule has 756 valence electrons. The first-order valence-electron chi connectivity index (χ1n) is 46.6. The number of nitrogens with one attached hydrogen (secondary N) is 14. The molecule has 3 aliphatic heterocycles. The van der Waals surface area contributed by atoms with E-state index in [2.05, 4.69) is 74.4 Å². The number of carbonyl (C=O) groups is 18. The van der Waals surface area contributed by atoms with Crippen LogP contribution in [0.3, 0.4) is 0 Å². The van der Waals surface area contributed by atoms with Crippen LogP contribution in [0.4, 0.5) is 0 Å². The van der Waals surface area contributed by atoms with Crippen LogP contribution in [-0.2, 0) is 106 Å². The number of aliphatic hydroxyl groups excluding tert-OH is 2. The first-order chi connectivity index (χ1) is 66.1. The topological polar surface area (TPSA) is 676 Å². The van der Waals surface area contributed by atoms with E-state index in [1.165, 1.54) is 52.3 Å². The molecule has 25 N–H and O–H groups in total. The lowest BCUT2D eigenvalue weighted by atomic mass is 9.90. The van der Waals surface area contributed by atoms with E-state index in [1.807, 2.05) is 13.8 Å². The number of nitrogens with two attached hydrogens (primary N) is 4. The van der Waals surface area contributed by atoms with Crippen molar-refractivity contribution in [2.45, 2.75) is 241 Å². The van der Waals surface area contributed by atoms with Gasteiger partial charge in [-0.2, -0.15) is 0 Å². The molecule has 139 heavy (non-hydrogen) atoms. The molecule has 5 heterocycles. The summed E-state index contributed by atoms with van der Waals surface area (Å²) in [5, 5.41) is 70.5. The Morgan fingerprint density at radius 1 is 0.604 bits per heavy atom. The molecule has 0 aliphatic carbocycles. The van der Waals surface area contributed by atoms with Gasteiger partial charge in [-0.1, -0.05) is 102 Å². The fraction of sp³-hybridized carbons (Fsp3) is 0.543. The molecule has 16 atom stereocenters. The van der Waals surface area contributed by atoms with Gasteiger partial charge < -0.3 is 131 Å². The van der Waals surface area contributed by atoms with Gasteiger partial charge in [0.25, 0.3) is 0 Å². The van der Waals surface area contributed by atoms with Gasteiger partial charge in [-0.25, -0.2) is 0 Å². The summed E-state index contributed by atoms with van der Waals surface area (Å²) >= 11 is 0.714. The highest BCUT2D eigenvalue weighted by Gasteiger charge is 2.47. The molecule has 8 rings (SSSR count). The molecule has 3 aliphatic rings. The fourth-order valence-corrected chi connectivity index (χ4v) is 17.9.